The second-order valence-corrected chi connectivity index (χ2v) is 6.03. The van der Waals surface area contributed by atoms with E-state index in [1.807, 2.05) is 24.4 Å². The summed E-state index contributed by atoms with van der Waals surface area (Å²) in [6.07, 6.45) is 9.76. The largest absolute Gasteiger partial charge is 0.293 e. The topological polar surface area (TPSA) is 12.4 Å². The second-order valence-electron chi connectivity index (χ2n) is 6.03. The fourth-order valence-corrected chi connectivity index (χ4v) is 2.23. The number of nitrogens with zero attached hydrogens (tertiary/aromatic N) is 1. The summed E-state index contributed by atoms with van der Waals surface area (Å²) in [5, 5.41) is 0. The zero-order valence-corrected chi connectivity index (χ0v) is 15.1. The van der Waals surface area contributed by atoms with Gasteiger partial charge in [0.05, 0.1) is 0 Å². The highest BCUT2D eigenvalue weighted by atomic mass is 14.7. The van der Waals surface area contributed by atoms with Crippen molar-refractivity contribution in [1.82, 2.24) is 0 Å². The summed E-state index contributed by atoms with van der Waals surface area (Å²) >= 11 is 0. The minimum absolute atomic E-state index is 0.820. The summed E-state index contributed by atoms with van der Waals surface area (Å²) in [5.41, 5.74) is 4.81. The molecule has 0 saturated heterocycles. The lowest BCUT2D eigenvalue weighted by molar-refractivity contribution is 0.874. The molecule has 0 spiro atoms. The highest BCUT2D eigenvalue weighted by Gasteiger charge is 1.95. The van der Waals surface area contributed by atoms with E-state index < -0.39 is 0 Å². The van der Waals surface area contributed by atoms with E-state index in [0.717, 1.165) is 24.9 Å². The summed E-state index contributed by atoms with van der Waals surface area (Å²) in [6.45, 7) is 4.98. The second kappa shape index (κ2) is 10.8. The van der Waals surface area contributed by atoms with Crippen LogP contribution in [0.4, 0.5) is 0 Å². The summed E-state index contributed by atoms with van der Waals surface area (Å²) in [4.78, 5) is 4.35. The van der Waals surface area contributed by atoms with Crippen molar-refractivity contribution in [1.29, 1.82) is 0 Å². The van der Waals surface area contributed by atoms with Crippen LogP contribution in [0.15, 0.2) is 83.4 Å². The first-order chi connectivity index (χ1) is 12.3. The number of aliphatic imine (C=N–C) groups is 1. The average Bonchev–Trinajstić information content (AvgIpc) is 2.64. The van der Waals surface area contributed by atoms with E-state index in [-0.39, 0.29) is 0 Å². The molecule has 0 aliphatic rings. The molecule has 0 N–H and O–H groups in total. The Bertz CT molecular complexity index is 777. The van der Waals surface area contributed by atoms with Crippen LogP contribution in [0.2, 0.25) is 0 Å². The van der Waals surface area contributed by atoms with Crippen LogP contribution in [0.1, 0.15) is 32.3 Å². The molecule has 2 aromatic carbocycles. The van der Waals surface area contributed by atoms with E-state index >= 15 is 0 Å². The van der Waals surface area contributed by atoms with Crippen molar-refractivity contribution in [2.45, 2.75) is 26.7 Å². The van der Waals surface area contributed by atoms with Crippen molar-refractivity contribution in [3.63, 3.8) is 0 Å². The SMILES string of the molecule is CC(C)=C/C=C\C=N\CCCC#Cc1ccc(-c2ccccc2)cc1. The van der Waals surface area contributed by atoms with Crippen molar-refractivity contribution in [3.8, 4) is 23.0 Å². The van der Waals surface area contributed by atoms with E-state index in [9.17, 15) is 0 Å². The maximum absolute atomic E-state index is 4.35. The van der Waals surface area contributed by atoms with E-state index in [2.05, 4.69) is 85.3 Å². The molecule has 25 heavy (non-hydrogen) atoms. The number of rotatable bonds is 6. The molecule has 126 valence electrons. The quantitative estimate of drug-likeness (QED) is 0.264. The van der Waals surface area contributed by atoms with Crippen LogP contribution in [0.3, 0.4) is 0 Å². The lowest BCUT2D eigenvalue weighted by Gasteiger charge is -2.00. The maximum atomic E-state index is 4.35. The molecule has 0 aliphatic heterocycles. The van der Waals surface area contributed by atoms with Crippen LogP contribution in [-0.4, -0.2) is 12.8 Å². The molecule has 0 fully saturated rings. The van der Waals surface area contributed by atoms with E-state index in [1.165, 1.54) is 16.7 Å². The third kappa shape index (κ3) is 7.50. The molecule has 1 heteroatoms. The Labute approximate surface area is 151 Å². The monoisotopic (exact) mass is 327 g/mol. The van der Waals surface area contributed by atoms with Gasteiger partial charge in [-0.3, -0.25) is 4.99 Å². The predicted octanol–water partition coefficient (Wildman–Crippen LogP) is 6.08. The van der Waals surface area contributed by atoms with Crippen molar-refractivity contribution in [3.05, 3.63) is 84.0 Å². The third-order valence-electron chi connectivity index (χ3n) is 3.55. The first-order valence-electron chi connectivity index (χ1n) is 8.70. The van der Waals surface area contributed by atoms with E-state index in [1.54, 1.807) is 0 Å². The lowest BCUT2D eigenvalue weighted by atomic mass is 10.0. The van der Waals surface area contributed by atoms with Crippen LogP contribution < -0.4 is 0 Å². The van der Waals surface area contributed by atoms with Crippen molar-refractivity contribution >= 4 is 6.21 Å². The zero-order valence-electron chi connectivity index (χ0n) is 15.1. The van der Waals surface area contributed by atoms with Gasteiger partial charge in [-0.1, -0.05) is 72.0 Å². The molecule has 2 rings (SSSR count). The molecule has 0 aromatic heterocycles. The van der Waals surface area contributed by atoms with Gasteiger partial charge in [0.2, 0.25) is 0 Å². The fraction of sp³-hybridized carbons (Fsp3) is 0.208. The van der Waals surface area contributed by atoms with Crippen LogP contribution in [-0.2, 0) is 0 Å². The minimum atomic E-state index is 0.820. The van der Waals surface area contributed by atoms with Gasteiger partial charge in [-0.2, -0.15) is 0 Å². The van der Waals surface area contributed by atoms with Crippen LogP contribution in [0, 0.1) is 11.8 Å². The summed E-state index contributed by atoms with van der Waals surface area (Å²) in [6, 6.07) is 18.8. The number of allylic oxidation sites excluding steroid dienone is 4. The predicted molar refractivity (Wildman–Crippen MR) is 110 cm³/mol. The molecule has 2 aromatic rings. The summed E-state index contributed by atoms with van der Waals surface area (Å²) < 4.78 is 0. The number of hydrogen-bond acceptors (Lipinski definition) is 1. The average molecular weight is 327 g/mol. The first kappa shape index (κ1) is 18.5. The molecule has 1 nitrogen and oxygen atoms in total. The minimum Gasteiger partial charge on any atom is -0.293 e. The van der Waals surface area contributed by atoms with Crippen LogP contribution >= 0.6 is 0 Å². The Morgan fingerprint density at radius 3 is 2.36 bits per heavy atom. The molecule has 0 radical (unpaired) electrons. The van der Waals surface area contributed by atoms with Crippen LogP contribution in [0.25, 0.3) is 11.1 Å². The highest BCUT2D eigenvalue weighted by Crippen LogP contribution is 2.18. The number of unbranched alkanes of at least 4 members (excludes halogenated alkanes) is 1. The van der Waals surface area contributed by atoms with Crippen LogP contribution in [0.5, 0.6) is 0 Å². The van der Waals surface area contributed by atoms with Gasteiger partial charge in [0.15, 0.2) is 0 Å². The van der Waals surface area contributed by atoms with Gasteiger partial charge in [0.25, 0.3) is 0 Å². The first-order valence-corrected chi connectivity index (χ1v) is 8.70. The Morgan fingerprint density at radius 1 is 0.920 bits per heavy atom. The molecule has 0 unspecified atom stereocenters. The van der Waals surface area contributed by atoms with E-state index in [0.29, 0.717) is 0 Å². The van der Waals surface area contributed by atoms with Gasteiger partial charge in [0, 0.05) is 24.7 Å². The Morgan fingerprint density at radius 2 is 1.64 bits per heavy atom. The van der Waals surface area contributed by atoms with Gasteiger partial charge in [-0.15, -0.1) is 0 Å². The van der Waals surface area contributed by atoms with Crippen molar-refractivity contribution in [2.75, 3.05) is 6.54 Å². The molecular weight excluding hydrogens is 302 g/mol. The molecule has 0 amide bonds. The maximum Gasteiger partial charge on any atom is 0.0398 e. The molecule has 0 saturated carbocycles. The third-order valence-corrected chi connectivity index (χ3v) is 3.55. The molecule has 0 atom stereocenters. The fourth-order valence-electron chi connectivity index (χ4n) is 2.23. The molecule has 0 aliphatic carbocycles. The van der Waals surface area contributed by atoms with Gasteiger partial charge in [0.1, 0.15) is 0 Å². The normalized spacial score (nSPS) is 10.6. The lowest BCUT2D eigenvalue weighted by Crippen LogP contribution is -1.81. The van der Waals surface area contributed by atoms with Gasteiger partial charge < -0.3 is 0 Å². The van der Waals surface area contributed by atoms with Crippen molar-refractivity contribution < 1.29 is 0 Å². The standard InChI is InChI=1S/C24H25N/c1-21(2)11-8-10-20-25-19-9-4-5-12-22-15-17-24(18-16-22)23-13-6-3-7-14-23/h3,6-8,10-11,13-18,20H,4,9,19H2,1-2H3/b10-8-,25-20+. The Balaban J connectivity index is 1.74. The van der Waals surface area contributed by atoms with Gasteiger partial charge >= 0.3 is 0 Å². The van der Waals surface area contributed by atoms with Gasteiger partial charge in [-0.05, 0) is 49.6 Å². The Kier molecular flexibility index (Phi) is 8.01. The smallest absolute Gasteiger partial charge is 0.0398 e. The number of benzene rings is 2. The van der Waals surface area contributed by atoms with E-state index in [4.69, 9.17) is 0 Å². The van der Waals surface area contributed by atoms with Crippen molar-refractivity contribution in [2.24, 2.45) is 4.99 Å². The highest BCUT2D eigenvalue weighted by molar-refractivity contribution is 5.71. The molecule has 0 bridgehead atoms. The molecular formula is C24H25N. The number of hydrogen-bond donors (Lipinski definition) is 0. The summed E-state index contributed by atoms with van der Waals surface area (Å²) in [7, 11) is 0. The molecule has 0 heterocycles. The Hall–Kier alpha value is -2.85. The zero-order chi connectivity index (χ0) is 17.7. The van der Waals surface area contributed by atoms with Gasteiger partial charge in [-0.25, -0.2) is 0 Å². The summed E-state index contributed by atoms with van der Waals surface area (Å²) in [5.74, 6) is 6.45.